The summed E-state index contributed by atoms with van der Waals surface area (Å²) in [5, 5.41) is 5.71. The number of fused-ring (bicyclic) bond motifs is 1. The van der Waals surface area contributed by atoms with Crippen LogP contribution in [0.2, 0.25) is 0 Å². The zero-order valence-electron chi connectivity index (χ0n) is 18.8. The molecule has 4 rings (SSSR count). The molecule has 0 spiro atoms. The Bertz CT molecular complexity index is 929. The minimum atomic E-state index is -0.275. The SMILES string of the molecule is COc1cc(NC(=O)NCCc2ccccc2)ccc1C(=O)N1CCC[C@H]2CCCC[C@H]21. The van der Waals surface area contributed by atoms with E-state index in [-0.39, 0.29) is 11.9 Å². The van der Waals surface area contributed by atoms with Gasteiger partial charge in [0.15, 0.2) is 0 Å². The number of rotatable bonds is 6. The van der Waals surface area contributed by atoms with Crippen LogP contribution in [0.1, 0.15) is 54.4 Å². The lowest BCUT2D eigenvalue weighted by Gasteiger charge is -2.44. The highest BCUT2D eigenvalue weighted by Crippen LogP contribution is 2.37. The Morgan fingerprint density at radius 3 is 2.62 bits per heavy atom. The number of anilines is 1. The summed E-state index contributed by atoms with van der Waals surface area (Å²) in [6.07, 6.45) is 7.87. The van der Waals surface area contributed by atoms with Gasteiger partial charge in [-0.2, -0.15) is 0 Å². The van der Waals surface area contributed by atoms with Gasteiger partial charge >= 0.3 is 6.03 Å². The van der Waals surface area contributed by atoms with E-state index in [1.54, 1.807) is 25.3 Å². The highest BCUT2D eigenvalue weighted by Gasteiger charge is 2.36. The van der Waals surface area contributed by atoms with E-state index in [1.807, 2.05) is 30.3 Å². The first-order chi connectivity index (χ1) is 15.7. The van der Waals surface area contributed by atoms with Crippen molar-refractivity contribution in [1.82, 2.24) is 10.2 Å². The fourth-order valence-corrected chi connectivity index (χ4v) is 5.12. The van der Waals surface area contributed by atoms with Crippen LogP contribution in [0.25, 0.3) is 0 Å². The van der Waals surface area contributed by atoms with Gasteiger partial charge in [-0.3, -0.25) is 4.79 Å². The van der Waals surface area contributed by atoms with Crippen molar-refractivity contribution in [3.63, 3.8) is 0 Å². The molecule has 2 aromatic rings. The molecule has 2 aliphatic rings. The van der Waals surface area contributed by atoms with E-state index in [0.717, 1.165) is 25.8 Å². The minimum absolute atomic E-state index is 0.0392. The van der Waals surface area contributed by atoms with Crippen LogP contribution in [-0.4, -0.2) is 43.1 Å². The molecule has 0 radical (unpaired) electrons. The standard InChI is InChI=1S/C26H33N3O3/c1-32-24-18-21(28-26(31)27-16-15-19-8-3-2-4-9-19)13-14-22(24)25(30)29-17-7-11-20-10-5-6-12-23(20)29/h2-4,8-9,13-14,18,20,23H,5-7,10-12,15-17H2,1H3,(H2,27,28,31)/t20-,23-/m1/s1. The molecule has 2 fully saturated rings. The summed E-state index contributed by atoms with van der Waals surface area (Å²) < 4.78 is 5.54. The molecule has 2 atom stereocenters. The fourth-order valence-electron chi connectivity index (χ4n) is 5.12. The maximum atomic E-state index is 13.4. The van der Waals surface area contributed by atoms with Crippen molar-refractivity contribution in [3.8, 4) is 5.75 Å². The number of methoxy groups -OCH3 is 1. The first-order valence-corrected chi connectivity index (χ1v) is 11.7. The van der Waals surface area contributed by atoms with Gasteiger partial charge in [0.25, 0.3) is 5.91 Å². The van der Waals surface area contributed by atoms with Crippen molar-refractivity contribution >= 4 is 17.6 Å². The molecule has 1 aliphatic heterocycles. The second-order valence-corrected chi connectivity index (χ2v) is 8.78. The number of hydrogen-bond acceptors (Lipinski definition) is 3. The summed E-state index contributed by atoms with van der Waals surface area (Å²) in [7, 11) is 1.56. The fraction of sp³-hybridized carbons (Fsp3) is 0.462. The second-order valence-electron chi connectivity index (χ2n) is 8.78. The number of urea groups is 1. The van der Waals surface area contributed by atoms with Gasteiger partial charge in [-0.25, -0.2) is 4.79 Å². The molecule has 3 amide bonds. The van der Waals surface area contributed by atoms with Crippen molar-refractivity contribution in [1.29, 1.82) is 0 Å². The number of benzene rings is 2. The Morgan fingerprint density at radius 2 is 1.81 bits per heavy atom. The summed E-state index contributed by atoms with van der Waals surface area (Å²) in [5.41, 5.74) is 2.34. The van der Waals surface area contributed by atoms with Gasteiger partial charge in [-0.1, -0.05) is 43.2 Å². The molecule has 1 saturated carbocycles. The molecule has 1 aliphatic carbocycles. The third-order valence-corrected chi connectivity index (χ3v) is 6.74. The van der Waals surface area contributed by atoms with Crippen LogP contribution in [0, 0.1) is 5.92 Å². The van der Waals surface area contributed by atoms with Gasteiger partial charge in [0.05, 0.1) is 12.7 Å². The third-order valence-electron chi connectivity index (χ3n) is 6.74. The number of hydrogen-bond donors (Lipinski definition) is 2. The molecule has 32 heavy (non-hydrogen) atoms. The lowest BCUT2D eigenvalue weighted by atomic mass is 9.78. The van der Waals surface area contributed by atoms with Crippen molar-refractivity contribution in [2.24, 2.45) is 5.92 Å². The molecular formula is C26H33N3O3. The van der Waals surface area contributed by atoms with E-state index in [2.05, 4.69) is 15.5 Å². The number of nitrogens with zero attached hydrogens (tertiary/aromatic N) is 1. The Morgan fingerprint density at radius 1 is 1.03 bits per heavy atom. The predicted molar refractivity (Wildman–Crippen MR) is 126 cm³/mol. The van der Waals surface area contributed by atoms with Gasteiger partial charge in [0.2, 0.25) is 0 Å². The maximum Gasteiger partial charge on any atom is 0.319 e. The highest BCUT2D eigenvalue weighted by molar-refractivity contribution is 5.98. The Kier molecular flexibility index (Phi) is 7.30. The lowest BCUT2D eigenvalue weighted by molar-refractivity contribution is 0.0388. The van der Waals surface area contributed by atoms with Crippen LogP contribution in [0.15, 0.2) is 48.5 Å². The molecule has 170 valence electrons. The zero-order valence-corrected chi connectivity index (χ0v) is 18.8. The first kappa shape index (κ1) is 22.2. The maximum absolute atomic E-state index is 13.4. The van der Waals surface area contributed by atoms with E-state index >= 15 is 0 Å². The molecule has 0 unspecified atom stereocenters. The summed E-state index contributed by atoms with van der Waals surface area (Å²) in [6.45, 7) is 1.36. The average molecular weight is 436 g/mol. The van der Waals surface area contributed by atoms with Gasteiger partial charge < -0.3 is 20.3 Å². The third kappa shape index (κ3) is 5.23. The van der Waals surface area contributed by atoms with Crippen molar-refractivity contribution in [3.05, 3.63) is 59.7 Å². The minimum Gasteiger partial charge on any atom is -0.496 e. The number of carbonyl (C=O) groups excluding carboxylic acids is 2. The van der Waals surface area contributed by atoms with E-state index in [1.165, 1.54) is 31.2 Å². The monoisotopic (exact) mass is 435 g/mol. The van der Waals surface area contributed by atoms with Crippen LogP contribution < -0.4 is 15.4 Å². The number of nitrogens with one attached hydrogen (secondary N) is 2. The molecule has 0 bridgehead atoms. The van der Waals surface area contributed by atoms with Crippen LogP contribution in [0.3, 0.4) is 0 Å². The zero-order chi connectivity index (χ0) is 22.3. The summed E-state index contributed by atoms with van der Waals surface area (Å²) in [4.78, 5) is 27.7. The summed E-state index contributed by atoms with van der Waals surface area (Å²) in [6, 6.07) is 15.4. The molecule has 1 saturated heterocycles. The molecule has 6 nitrogen and oxygen atoms in total. The average Bonchev–Trinajstić information content (AvgIpc) is 2.84. The summed E-state index contributed by atoms with van der Waals surface area (Å²) >= 11 is 0. The number of amides is 3. The normalized spacial score (nSPS) is 20.2. The Balaban J connectivity index is 1.37. The molecule has 1 heterocycles. The topological polar surface area (TPSA) is 70.7 Å². The molecule has 0 aromatic heterocycles. The molecular weight excluding hydrogens is 402 g/mol. The van der Waals surface area contributed by atoms with Gasteiger partial charge in [-0.15, -0.1) is 0 Å². The van der Waals surface area contributed by atoms with E-state index in [0.29, 0.717) is 35.5 Å². The lowest BCUT2D eigenvalue weighted by Crippen LogP contribution is -2.49. The van der Waals surface area contributed by atoms with E-state index < -0.39 is 0 Å². The Hall–Kier alpha value is -3.02. The quantitative estimate of drug-likeness (QED) is 0.681. The molecule has 2 N–H and O–H groups in total. The van der Waals surface area contributed by atoms with Gasteiger partial charge in [-0.05, 0) is 55.7 Å². The van der Waals surface area contributed by atoms with Crippen LogP contribution >= 0.6 is 0 Å². The van der Waals surface area contributed by atoms with Gasteiger partial charge in [0, 0.05) is 30.9 Å². The van der Waals surface area contributed by atoms with Crippen LogP contribution in [0.5, 0.6) is 5.75 Å². The number of carbonyl (C=O) groups is 2. The highest BCUT2D eigenvalue weighted by atomic mass is 16.5. The summed E-state index contributed by atoms with van der Waals surface area (Å²) in [5.74, 6) is 1.17. The smallest absolute Gasteiger partial charge is 0.319 e. The van der Waals surface area contributed by atoms with Crippen molar-refractivity contribution < 1.29 is 14.3 Å². The van der Waals surface area contributed by atoms with Crippen molar-refractivity contribution in [2.45, 2.75) is 51.0 Å². The largest absolute Gasteiger partial charge is 0.496 e. The first-order valence-electron chi connectivity index (χ1n) is 11.7. The molecule has 2 aromatic carbocycles. The Labute approximate surface area is 190 Å². The second kappa shape index (κ2) is 10.5. The van der Waals surface area contributed by atoms with E-state index in [4.69, 9.17) is 4.74 Å². The van der Waals surface area contributed by atoms with E-state index in [9.17, 15) is 9.59 Å². The molecule has 6 heteroatoms. The predicted octanol–water partition coefficient (Wildman–Crippen LogP) is 4.85. The van der Waals surface area contributed by atoms with Crippen LogP contribution in [0.4, 0.5) is 10.5 Å². The van der Waals surface area contributed by atoms with Gasteiger partial charge in [0.1, 0.15) is 5.75 Å². The number of ether oxygens (including phenoxy) is 1. The number of piperidine rings is 1. The number of likely N-dealkylation sites (tertiary alicyclic amines) is 1. The van der Waals surface area contributed by atoms with Crippen LogP contribution in [-0.2, 0) is 6.42 Å². The van der Waals surface area contributed by atoms with Crippen molar-refractivity contribution in [2.75, 3.05) is 25.5 Å².